The Bertz CT molecular complexity index is 1310. The van der Waals surface area contributed by atoms with Crippen molar-refractivity contribution in [1.29, 1.82) is 0 Å². The van der Waals surface area contributed by atoms with E-state index in [1.165, 1.54) is 15.6 Å². The fraction of sp³-hybridized carbons (Fsp3) is 0.241. The molecule has 2 atom stereocenters. The molecule has 6 rings (SSSR count). The molecule has 0 N–H and O–H groups in total. The second-order valence-electron chi connectivity index (χ2n) is 9.42. The lowest BCUT2D eigenvalue weighted by atomic mass is 9.85. The van der Waals surface area contributed by atoms with E-state index in [-0.39, 0.29) is 17.7 Å². The molecule has 2 amide bonds. The number of hydrogen-bond donors (Lipinski definition) is 0. The van der Waals surface area contributed by atoms with Crippen LogP contribution in [0.3, 0.4) is 0 Å². The van der Waals surface area contributed by atoms with Crippen LogP contribution >= 0.6 is 0 Å². The molecule has 1 aliphatic carbocycles. The Labute approximate surface area is 204 Å². The standard InChI is InChI=1S/C29H26N4O2/c1-4-21-15-17-22(18-16-21)25-28(19(2)30-32(26(28)34)23-11-7-5-8-12-23)29(25)20(3)31-33(27(29)35)24-13-9-6-10-14-24/h5-18,25H,4H2,1-3H3/t28-,29-/m1/s1. The predicted molar refractivity (Wildman–Crippen MR) is 138 cm³/mol. The maximum Gasteiger partial charge on any atom is 0.261 e. The lowest BCUT2D eigenvalue weighted by molar-refractivity contribution is -0.126. The van der Waals surface area contributed by atoms with Gasteiger partial charge >= 0.3 is 0 Å². The van der Waals surface area contributed by atoms with Gasteiger partial charge in [0.2, 0.25) is 0 Å². The second-order valence-corrected chi connectivity index (χ2v) is 9.42. The van der Waals surface area contributed by atoms with Gasteiger partial charge in [-0.05, 0) is 55.7 Å². The molecule has 0 saturated heterocycles. The van der Waals surface area contributed by atoms with E-state index in [1.807, 2.05) is 74.5 Å². The van der Waals surface area contributed by atoms with E-state index in [4.69, 9.17) is 10.2 Å². The van der Waals surface area contributed by atoms with Crippen molar-refractivity contribution in [3.05, 3.63) is 96.1 Å². The first-order valence-electron chi connectivity index (χ1n) is 12.0. The number of amides is 2. The number of hydrazone groups is 2. The first-order chi connectivity index (χ1) is 17.0. The highest BCUT2D eigenvalue weighted by molar-refractivity contribution is 6.37. The summed E-state index contributed by atoms with van der Waals surface area (Å²) in [4.78, 5) is 28.6. The van der Waals surface area contributed by atoms with Gasteiger partial charge in [-0.15, -0.1) is 0 Å². The zero-order valence-electron chi connectivity index (χ0n) is 20.0. The summed E-state index contributed by atoms with van der Waals surface area (Å²) < 4.78 is 0. The topological polar surface area (TPSA) is 65.3 Å². The summed E-state index contributed by atoms with van der Waals surface area (Å²) in [7, 11) is 0. The molecular weight excluding hydrogens is 436 g/mol. The van der Waals surface area contributed by atoms with Gasteiger partial charge in [-0.25, -0.2) is 0 Å². The third kappa shape index (κ3) is 2.59. The first kappa shape index (κ1) is 21.5. The molecular formula is C29H26N4O2. The number of hydrogen-bond acceptors (Lipinski definition) is 4. The van der Waals surface area contributed by atoms with Crippen molar-refractivity contribution in [3.8, 4) is 0 Å². The van der Waals surface area contributed by atoms with Crippen molar-refractivity contribution >= 4 is 34.6 Å². The fourth-order valence-electron chi connectivity index (χ4n) is 6.17. The van der Waals surface area contributed by atoms with Crippen LogP contribution in [0.25, 0.3) is 0 Å². The zero-order valence-corrected chi connectivity index (χ0v) is 20.0. The summed E-state index contributed by atoms with van der Waals surface area (Å²) in [6.45, 7) is 5.85. The van der Waals surface area contributed by atoms with Crippen LogP contribution in [-0.4, -0.2) is 23.2 Å². The Hall–Kier alpha value is -4.06. The van der Waals surface area contributed by atoms with Gasteiger partial charge in [-0.3, -0.25) is 9.59 Å². The number of carbonyl (C=O) groups excluding carboxylic acids is 2. The van der Waals surface area contributed by atoms with Crippen LogP contribution in [-0.2, 0) is 16.0 Å². The molecule has 3 aromatic rings. The van der Waals surface area contributed by atoms with Crippen LogP contribution in [0.5, 0.6) is 0 Å². The quantitative estimate of drug-likeness (QED) is 0.537. The van der Waals surface area contributed by atoms with Crippen LogP contribution in [0.2, 0.25) is 0 Å². The first-order valence-corrected chi connectivity index (χ1v) is 12.0. The van der Waals surface area contributed by atoms with Crippen LogP contribution in [0.15, 0.2) is 95.1 Å². The van der Waals surface area contributed by atoms with Crippen molar-refractivity contribution in [2.75, 3.05) is 10.0 Å². The number of carbonyl (C=O) groups is 2. The van der Waals surface area contributed by atoms with Crippen molar-refractivity contribution in [1.82, 2.24) is 0 Å². The molecule has 1 fully saturated rings. The van der Waals surface area contributed by atoms with E-state index in [2.05, 4.69) is 31.2 Å². The second kappa shape index (κ2) is 7.47. The largest absolute Gasteiger partial charge is 0.271 e. The van der Waals surface area contributed by atoms with Crippen LogP contribution in [0, 0.1) is 10.8 Å². The molecule has 0 unspecified atom stereocenters. The molecule has 2 heterocycles. The average molecular weight is 463 g/mol. The van der Waals surface area contributed by atoms with E-state index < -0.39 is 10.8 Å². The minimum Gasteiger partial charge on any atom is -0.271 e. The number of aryl methyl sites for hydroxylation is 1. The lowest BCUT2D eigenvalue weighted by Gasteiger charge is -2.18. The van der Waals surface area contributed by atoms with Gasteiger partial charge in [0.25, 0.3) is 11.8 Å². The van der Waals surface area contributed by atoms with Crippen molar-refractivity contribution in [2.24, 2.45) is 21.0 Å². The summed E-state index contributed by atoms with van der Waals surface area (Å²) in [5, 5.41) is 12.4. The van der Waals surface area contributed by atoms with Crippen molar-refractivity contribution in [3.63, 3.8) is 0 Å². The highest BCUT2D eigenvalue weighted by Crippen LogP contribution is 2.79. The van der Waals surface area contributed by atoms with E-state index in [9.17, 15) is 9.59 Å². The van der Waals surface area contributed by atoms with Gasteiger partial charge in [-0.1, -0.05) is 67.6 Å². The van der Waals surface area contributed by atoms with E-state index in [0.29, 0.717) is 22.8 Å². The normalized spacial score (nSPS) is 27.1. The number of benzene rings is 3. The number of nitrogens with zero attached hydrogens (tertiary/aromatic N) is 4. The SMILES string of the molecule is CCc1ccc(C2[C@]3(C(=O)N(c4ccccc4)N=C3C)[C@@]23C(=O)N(c2ccccc2)N=C3C)cc1. The molecule has 2 aliphatic heterocycles. The summed E-state index contributed by atoms with van der Waals surface area (Å²) in [5.41, 5.74) is 2.63. The summed E-state index contributed by atoms with van der Waals surface area (Å²) in [5.74, 6) is -0.733. The molecule has 35 heavy (non-hydrogen) atoms. The van der Waals surface area contributed by atoms with Crippen LogP contribution in [0.4, 0.5) is 11.4 Å². The van der Waals surface area contributed by atoms with Gasteiger partial charge in [0.05, 0.1) is 22.8 Å². The summed E-state index contributed by atoms with van der Waals surface area (Å²) in [6, 6.07) is 27.1. The third-order valence-electron chi connectivity index (χ3n) is 7.83. The molecule has 0 aromatic heterocycles. The van der Waals surface area contributed by atoms with Crippen LogP contribution < -0.4 is 10.0 Å². The van der Waals surface area contributed by atoms with Gasteiger partial charge in [0.1, 0.15) is 10.8 Å². The smallest absolute Gasteiger partial charge is 0.261 e. The molecule has 0 radical (unpaired) electrons. The number of fused-ring (bicyclic) bond motifs is 1. The average Bonchev–Trinajstić information content (AvgIpc) is 3.38. The molecule has 6 nitrogen and oxygen atoms in total. The predicted octanol–water partition coefficient (Wildman–Crippen LogP) is 5.16. The Morgan fingerprint density at radius 3 is 1.51 bits per heavy atom. The highest BCUT2D eigenvalue weighted by atomic mass is 16.2. The monoisotopic (exact) mass is 462 g/mol. The van der Waals surface area contributed by atoms with Crippen molar-refractivity contribution in [2.45, 2.75) is 33.1 Å². The van der Waals surface area contributed by atoms with Gasteiger partial charge < -0.3 is 0 Å². The minimum absolute atomic E-state index is 0.177. The Balaban J connectivity index is 1.52. The molecule has 174 valence electrons. The van der Waals surface area contributed by atoms with Gasteiger partial charge in [0.15, 0.2) is 0 Å². The third-order valence-corrected chi connectivity index (χ3v) is 7.83. The maximum absolute atomic E-state index is 14.3. The van der Waals surface area contributed by atoms with Crippen LogP contribution in [0.1, 0.15) is 37.8 Å². The number of anilines is 2. The summed E-state index contributed by atoms with van der Waals surface area (Å²) in [6.07, 6.45) is 0.920. The molecule has 6 heteroatoms. The van der Waals surface area contributed by atoms with Crippen molar-refractivity contribution < 1.29 is 9.59 Å². The van der Waals surface area contributed by atoms with E-state index in [0.717, 1.165) is 12.0 Å². The van der Waals surface area contributed by atoms with Gasteiger partial charge in [-0.2, -0.15) is 20.2 Å². The molecule has 2 spiro atoms. The molecule has 0 bridgehead atoms. The Morgan fingerprint density at radius 1 is 0.686 bits per heavy atom. The molecule has 3 aliphatic rings. The zero-order chi connectivity index (χ0) is 24.4. The molecule has 1 saturated carbocycles. The number of para-hydroxylation sites is 2. The Kier molecular flexibility index (Phi) is 4.58. The lowest BCUT2D eigenvalue weighted by Crippen LogP contribution is -2.40. The van der Waals surface area contributed by atoms with E-state index in [1.54, 1.807) is 0 Å². The summed E-state index contributed by atoms with van der Waals surface area (Å²) >= 11 is 0. The highest BCUT2D eigenvalue weighted by Gasteiger charge is 2.91. The van der Waals surface area contributed by atoms with E-state index >= 15 is 0 Å². The Morgan fingerprint density at radius 2 is 1.11 bits per heavy atom. The maximum atomic E-state index is 14.3. The minimum atomic E-state index is -1.11. The van der Waals surface area contributed by atoms with Gasteiger partial charge in [0, 0.05) is 5.92 Å². The number of rotatable bonds is 4. The fourth-order valence-corrected chi connectivity index (χ4v) is 6.17. The molecule has 3 aromatic carbocycles.